The third kappa shape index (κ3) is 4.67. The molecule has 0 spiro atoms. The molecule has 0 unspecified atom stereocenters. The molecule has 21 heavy (non-hydrogen) atoms. The Labute approximate surface area is 125 Å². The standard InChI is InChI=1S/C17H21NO3/c1-3-20-16-8-6-14(7-9-16)13-17(19)18(2)11-10-15-5-4-12-21-15/h4-9,12H,3,10-11,13H2,1-2H3. The van der Waals surface area contributed by atoms with Crippen LogP contribution in [0.2, 0.25) is 0 Å². The van der Waals surface area contributed by atoms with Crippen LogP contribution in [0, 0.1) is 0 Å². The van der Waals surface area contributed by atoms with Crippen LogP contribution in [0.15, 0.2) is 47.1 Å². The van der Waals surface area contributed by atoms with Crippen LogP contribution in [0.1, 0.15) is 18.2 Å². The van der Waals surface area contributed by atoms with E-state index in [-0.39, 0.29) is 5.91 Å². The second-order valence-electron chi connectivity index (χ2n) is 4.90. The Hall–Kier alpha value is -2.23. The zero-order chi connectivity index (χ0) is 15.1. The van der Waals surface area contributed by atoms with E-state index in [0.717, 1.165) is 23.5 Å². The van der Waals surface area contributed by atoms with Crippen molar-refractivity contribution in [2.75, 3.05) is 20.2 Å². The summed E-state index contributed by atoms with van der Waals surface area (Å²) in [5.74, 6) is 1.83. The molecule has 2 aromatic rings. The molecule has 1 aromatic heterocycles. The molecule has 4 heteroatoms. The van der Waals surface area contributed by atoms with E-state index in [1.807, 2.05) is 50.4 Å². The average Bonchev–Trinajstić information content (AvgIpc) is 3.00. The summed E-state index contributed by atoms with van der Waals surface area (Å²) in [6.07, 6.45) is 2.79. The van der Waals surface area contributed by atoms with E-state index < -0.39 is 0 Å². The predicted octanol–water partition coefficient (Wildman–Crippen LogP) is 2.92. The fraction of sp³-hybridized carbons (Fsp3) is 0.353. The minimum Gasteiger partial charge on any atom is -0.494 e. The van der Waals surface area contributed by atoms with E-state index in [1.54, 1.807) is 11.2 Å². The van der Waals surface area contributed by atoms with E-state index in [4.69, 9.17) is 9.15 Å². The summed E-state index contributed by atoms with van der Waals surface area (Å²) >= 11 is 0. The lowest BCUT2D eigenvalue weighted by atomic mass is 10.1. The number of carbonyl (C=O) groups excluding carboxylic acids is 1. The first-order chi connectivity index (χ1) is 10.2. The maximum atomic E-state index is 12.1. The van der Waals surface area contributed by atoms with Gasteiger partial charge in [-0.1, -0.05) is 12.1 Å². The molecule has 4 nitrogen and oxygen atoms in total. The second-order valence-corrected chi connectivity index (χ2v) is 4.90. The van der Waals surface area contributed by atoms with E-state index in [2.05, 4.69) is 0 Å². The molecule has 0 bridgehead atoms. The molecule has 0 N–H and O–H groups in total. The number of likely N-dealkylation sites (N-methyl/N-ethyl adjacent to an activating group) is 1. The number of furan rings is 1. The molecule has 0 saturated carbocycles. The minimum absolute atomic E-state index is 0.103. The van der Waals surface area contributed by atoms with Gasteiger partial charge in [0.05, 0.1) is 19.3 Å². The maximum Gasteiger partial charge on any atom is 0.226 e. The minimum atomic E-state index is 0.103. The molecule has 112 valence electrons. The third-order valence-electron chi connectivity index (χ3n) is 3.29. The van der Waals surface area contributed by atoms with Gasteiger partial charge in [0.15, 0.2) is 0 Å². The Kier molecular flexibility index (Phi) is 5.43. The highest BCUT2D eigenvalue weighted by Gasteiger charge is 2.10. The fourth-order valence-electron chi connectivity index (χ4n) is 2.04. The highest BCUT2D eigenvalue weighted by atomic mass is 16.5. The maximum absolute atomic E-state index is 12.1. The van der Waals surface area contributed by atoms with Gasteiger partial charge in [-0.05, 0) is 36.8 Å². The zero-order valence-corrected chi connectivity index (χ0v) is 12.5. The Balaban J connectivity index is 1.82. The molecule has 0 fully saturated rings. The van der Waals surface area contributed by atoms with Crippen molar-refractivity contribution >= 4 is 5.91 Å². The number of ether oxygens (including phenoxy) is 1. The van der Waals surface area contributed by atoms with Gasteiger partial charge in [0.1, 0.15) is 11.5 Å². The lowest BCUT2D eigenvalue weighted by molar-refractivity contribution is -0.129. The van der Waals surface area contributed by atoms with Crippen LogP contribution >= 0.6 is 0 Å². The predicted molar refractivity (Wildman–Crippen MR) is 81.4 cm³/mol. The van der Waals surface area contributed by atoms with Crippen LogP contribution in [0.3, 0.4) is 0 Å². The first kappa shape index (κ1) is 15.2. The van der Waals surface area contributed by atoms with Crippen LogP contribution in [0.25, 0.3) is 0 Å². The van der Waals surface area contributed by atoms with Crippen molar-refractivity contribution in [3.8, 4) is 5.75 Å². The number of rotatable bonds is 7. The smallest absolute Gasteiger partial charge is 0.226 e. The molecule has 0 radical (unpaired) electrons. The van der Waals surface area contributed by atoms with Crippen molar-refractivity contribution in [1.82, 2.24) is 4.90 Å². The molecule has 2 rings (SSSR count). The summed E-state index contributed by atoms with van der Waals surface area (Å²) in [6.45, 7) is 3.25. The third-order valence-corrected chi connectivity index (χ3v) is 3.29. The topological polar surface area (TPSA) is 42.7 Å². The largest absolute Gasteiger partial charge is 0.494 e. The average molecular weight is 287 g/mol. The molecule has 0 saturated heterocycles. The van der Waals surface area contributed by atoms with E-state index >= 15 is 0 Å². The molecule has 0 aliphatic heterocycles. The molecule has 0 aliphatic rings. The van der Waals surface area contributed by atoms with Gasteiger partial charge in [-0.25, -0.2) is 0 Å². The lowest BCUT2D eigenvalue weighted by Crippen LogP contribution is -2.30. The SMILES string of the molecule is CCOc1ccc(CC(=O)N(C)CCc2ccco2)cc1. The second kappa shape index (κ2) is 7.53. The number of hydrogen-bond acceptors (Lipinski definition) is 3. The molecule has 0 atom stereocenters. The van der Waals surface area contributed by atoms with Crippen molar-refractivity contribution in [1.29, 1.82) is 0 Å². The molecular formula is C17H21NO3. The van der Waals surface area contributed by atoms with Crippen LogP contribution in [0.4, 0.5) is 0 Å². The molecule has 0 aliphatic carbocycles. The van der Waals surface area contributed by atoms with E-state index in [1.165, 1.54) is 0 Å². The Morgan fingerprint density at radius 2 is 2.00 bits per heavy atom. The van der Waals surface area contributed by atoms with Crippen molar-refractivity contribution < 1.29 is 13.9 Å². The summed E-state index contributed by atoms with van der Waals surface area (Å²) in [5, 5.41) is 0. The summed E-state index contributed by atoms with van der Waals surface area (Å²) in [7, 11) is 1.82. The van der Waals surface area contributed by atoms with E-state index in [9.17, 15) is 4.79 Å². The quantitative estimate of drug-likeness (QED) is 0.786. The first-order valence-electron chi connectivity index (χ1n) is 7.17. The highest BCUT2D eigenvalue weighted by molar-refractivity contribution is 5.78. The monoisotopic (exact) mass is 287 g/mol. The zero-order valence-electron chi connectivity index (χ0n) is 12.5. The number of carbonyl (C=O) groups is 1. The molecular weight excluding hydrogens is 266 g/mol. The summed E-state index contributed by atoms with van der Waals surface area (Å²) < 4.78 is 10.7. The van der Waals surface area contributed by atoms with Gasteiger partial charge in [-0.2, -0.15) is 0 Å². The fourth-order valence-corrected chi connectivity index (χ4v) is 2.04. The Bertz CT molecular complexity index is 546. The number of nitrogens with zero attached hydrogens (tertiary/aromatic N) is 1. The van der Waals surface area contributed by atoms with Gasteiger partial charge in [0, 0.05) is 20.0 Å². The summed E-state index contributed by atoms with van der Waals surface area (Å²) in [5.41, 5.74) is 0.994. The molecule has 1 aromatic carbocycles. The van der Waals surface area contributed by atoms with Gasteiger partial charge < -0.3 is 14.1 Å². The molecule has 1 amide bonds. The van der Waals surface area contributed by atoms with Crippen molar-refractivity contribution in [3.05, 3.63) is 54.0 Å². The van der Waals surface area contributed by atoms with E-state index in [0.29, 0.717) is 19.6 Å². The van der Waals surface area contributed by atoms with Gasteiger partial charge >= 0.3 is 0 Å². The van der Waals surface area contributed by atoms with Crippen molar-refractivity contribution in [2.24, 2.45) is 0 Å². The summed E-state index contributed by atoms with van der Waals surface area (Å²) in [6, 6.07) is 11.4. The van der Waals surface area contributed by atoms with Crippen molar-refractivity contribution in [3.63, 3.8) is 0 Å². The van der Waals surface area contributed by atoms with Crippen molar-refractivity contribution in [2.45, 2.75) is 19.8 Å². The number of benzene rings is 1. The van der Waals surface area contributed by atoms with Gasteiger partial charge in [-0.3, -0.25) is 4.79 Å². The van der Waals surface area contributed by atoms with Crippen LogP contribution in [0.5, 0.6) is 5.75 Å². The Morgan fingerprint density at radius 1 is 1.24 bits per heavy atom. The van der Waals surface area contributed by atoms with Crippen LogP contribution < -0.4 is 4.74 Å². The van der Waals surface area contributed by atoms with Gasteiger partial charge in [0.25, 0.3) is 0 Å². The summed E-state index contributed by atoms with van der Waals surface area (Å²) in [4.78, 5) is 13.9. The normalized spacial score (nSPS) is 10.4. The lowest BCUT2D eigenvalue weighted by Gasteiger charge is -2.16. The number of amides is 1. The molecule has 1 heterocycles. The Morgan fingerprint density at radius 3 is 2.62 bits per heavy atom. The first-order valence-corrected chi connectivity index (χ1v) is 7.17. The van der Waals surface area contributed by atoms with Gasteiger partial charge in [0.2, 0.25) is 5.91 Å². The van der Waals surface area contributed by atoms with Crippen LogP contribution in [-0.2, 0) is 17.6 Å². The number of hydrogen-bond donors (Lipinski definition) is 0. The van der Waals surface area contributed by atoms with Gasteiger partial charge in [-0.15, -0.1) is 0 Å². The van der Waals surface area contributed by atoms with Crippen LogP contribution in [-0.4, -0.2) is 31.0 Å². The highest BCUT2D eigenvalue weighted by Crippen LogP contribution is 2.13.